The van der Waals surface area contributed by atoms with Gasteiger partial charge in [0.25, 0.3) is 0 Å². The lowest BCUT2D eigenvalue weighted by atomic mass is 9.73. The molecule has 1 unspecified atom stereocenters. The Kier molecular flexibility index (Phi) is 2.62. The summed E-state index contributed by atoms with van der Waals surface area (Å²) in [4.78, 5) is 0. The van der Waals surface area contributed by atoms with Crippen LogP contribution in [0.5, 0.6) is 0 Å². The molecule has 19 heavy (non-hydrogen) atoms. The zero-order valence-corrected chi connectivity index (χ0v) is 10.7. The molecule has 4 rings (SSSR count). The lowest BCUT2D eigenvalue weighted by molar-refractivity contribution is -0.145. The van der Waals surface area contributed by atoms with Crippen LogP contribution in [0.3, 0.4) is 0 Å². The van der Waals surface area contributed by atoms with Gasteiger partial charge in [-0.3, -0.25) is 0 Å². The summed E-state index contributed by atoms with van der Waals surface area (Å²) in [6.07, 6.45) is 2.04. The lowest BCUT2D eigenvalue weighted by Crippen LogP contribution is -2.61. The van der Waals surface area contributed by atoms with Gasteiger partial charge in [-0.2, -0.15) is 0 Å². The second-order valence-corrected chi connectivity index (χ2v) is 5.36. The normalized spacial score (nSPS) is 26.2. The molecule has 1 N–H and O–H groups in total. The second-order valence-electron chi connectivity index (χ2n) is 5.36. The van der Waals surface area contributed by atoms with Gasteiger partial charge in [-0.15, -0.1) is 0 Å². The first-order valence-electron chi connectivity index (χ1n) is 6.77. The predicted molar refractivity (Wildman–Crippen MR) is 71.3 cm³/mol. The van der Waals surface area contributed by atoms with E-state index >= 15 is 0 Å². The maximum absolute atomic E-state index is 5.97. The van der Waals surface area contributed by atoms with E-state index in [1.165, 1.54) is 10.9 Å². The number of nitrogens with one attached hydrogen (secondary N) is 1. The fraction of sp³-hybridized carbons (Fsp3) is 0.467. The fourth-order valence-corrected chi connectivity index (χ4v) is 3.12. The number of benzene rings is 1. The Morgan fingerprint density at radius 3 is 2.84 bits per heavy atom. The highest BCUT2D eigenvalue weighted by molar-refractivity contribution is 5.82. The number of morpholine rings is 1. The summed E-state index contributed by atoms with van der Waals surface area (Å²) >= 11 is 0. The number of hydrogen-bond donors (Lipinski definition) is 1. The van der Waals surface area contributed by atoms with Crippen LogP contribution in [0.1, 0.15) is 5.56 Å². The van der Waals surface area contributed by atoms with Gasteiger partial charge in [-0.05, 0) is 6.07 Å². The van der Waals surface area contributed by atoms with Gasteiger partial charge in [0.15, 0.2) is 0 Å². The van der Waals surface area contributed by atoms with Crippen molar-refractivity contribution < 1.29 is 13.9 Å². The Balaban J connectivity index is 1.79. The molecule has 0 spiro atoms. The molecule has 1 aromatic heterocycles. The lowest BCUT2D eigenvalue weighted by Gasteiger charge is -2.47. The monoisotopic (exact) mass is 259 g/mol. The van der Waals surface area contributed by atoms with E-state index < -0.39 is 0 Å². The molecule has 2 aliphatic rings. The first-order valence-corrected chi connectivity index (χ1v) is 6.77. The van der Waals surface area contributed by atoms with Crippen LogP contribution in [0.15, 0.2) is 34.9 Å². The molecule has 2 saturated heterocycles. The largest absolute Gasteiger partial charge is 0.464 e. The van der Waals surface area contributed by atoms with E-state index in [-0.39, 0.29) is 11.5 Å². The van der Waals surface area contributed by atoms with Crippen molar-refractivity contribution in [2.75, 3.05) is 32.9 Å². The van der Waals surface area contributed by atoms with Crippen LogP contribution in [0.4, 0.5) is 0 Å². The molecule has 0 saturated carbocycles. The minimum atomic E-state index is -0.0555. The molecule has 2 fully saturated rings. The SMILES string of the molecule is c1ccc2c(C3(C4CNCCO4)COC3)coc2c1. The third kappa shape index (κ3) is 1.64. The quantitative estimate of drug-likeness (QED) is 0.891. The van der Waals surface area contributed by atoms with Gasteiger partial charge in [-0.25, -0.2) is 0 Å². The molecule has 0 radical (unpaired) electrons. The Bertz CT molecular complexity index is 582. The van der Waals surface area contributed by atoms with Gasteiger partial charge in [0, 0.05) is 24.0 Å². The van der Waals surface area contributed by atoms with Crippen LogP contribution < -0.4 is 5.32 Å². The highest BCUT2D eigenvalue weighted by Crippen LogP contribution is 2.41. The number of hydrogen-bond acceptors (Lipinski definition) is 4. The number of para-hydroxylation sites is 1. The zero-order chi connectivity index (χ0) is 12.7. The van der Waals surface area contributed by atoms with E-state index in [1.54, 1.807) is 0 Å². The summed E-state index contributed by atoms with van der Waals surface area (Å²) < 4.78 is 17.2. The van der Waals surface area contributed by atoms with Crippen molar-refractivity contribution in [2.24, 2.45) is 0 Å². The van der Waals surface area contributed by atoms with E-state index in [1.807, 2.05) is 18.4 Å². The van der Waals surface area contributed by atoms with E-state index in [0.717, 1.165) is 25.3 Å². The molecule has 4 nitrogen and oxygen atoms in total. The van der Waals surface area contributed by atoms with E-state index in [2.05, 4.69) is 17.4 Å². The Morgan fingerprint density at radius 2 is 2.11 bits per heavy atom. The molecule has 0 aliphatic carbocycles. The van der Waals surface area contributed by atoms with Gasteiger partial charge in [0.1, 0.15) is 5.58 Å². The molecule has 2 aliphatic heterocycles. The number of fused-ring (bicyclic) bond motifs is 1. The average molecular weight is 259 g/mol. The van der Waals surface area contributed by atoms with E-state index in [4.69, 9.17) is 13.9 Å². The van der Waals surface area contributed by atoms with Gasteiger partial charge < -0.3 is 19.2 Å². The van der Waals surface area contributed by atoms with E-state index in [9.17, 15) is 0 Å². The Hall–Kier alpha value is -1.36. The minimum absolute atomic E-state index is 0.0555. The fourth-order valence-electron chi connectivity index (χ4n) is 3.12. The van der Waals surface area contributed by atoms with Crippen LogP contribution in [0, 0.1) is 0 Å². The van der Waals surface area contributed by atoms with Crippen LogP contribution >= 0.6 is 0 Å². The molecular weight excluding hydrogens is 242 g/mol. The topological polar surface area (TPSA) is 43.6 Å². The van der Waals surface area contributed by atoms with Crippen molar-refractivity contribution in [1.82, 2.24) is 5.32 Å². The van der Waals surface area contributed by atoms with Crippen LogP contribution in [0.25, 0.3) is 11.0 Å². The van der Waals surface area contributed by atoms with Gasteiger partial charge in [0.05, 0.1) is 37.6 Å². The smallest absolute Gasteiger partial charge is 0.134 e. The van der Waals surface area contributed by atoms with Crippen molar-refractivity contribution >= 4 is 11.0 Å². The summed E-state index contributed by atoms with van der Waals surface area (Å²) in [5.41, 5.74) is 2.11. The molecule has 0 bridgehead atoms. The third-order valence-corrected chi connectivity index (χ3v) is 4.28. The number of ether oxygens (including phenoxy) is 2. The van der Waals surface area contributed by atoms with Crippen LogP contribution in [0.2, 0.25) is 0 Å². The molecule has 3 heterocycles. The second kappa shape index (κ2) is 4.34. The number of rotatable bonds is 2. The van der Waals surface area contributed by atoms with Crippen molar-refractivity contribution in [3.05, 3.63) is 36.1 Å². The summed E-state index contributed by atoms with van der Waals surface area (Å²) in [6.45, 7) is 4.00. The minimum Gasteiger partial charge on any atom is -0.464 e. The highest BCUT2D eigenvalue weighted by Gasteiger charge is 2.50. The first kappa shape index (κ1) is 11.5. The van der Waals surface area contributed by atoms with Crippen LogP contribution in [-0.2, 0) is 14.9 Å². The summed E-state index contributed by atoms with van der Waals surface area (Å²) in [6, 6.07) is 8.17. The number of furan rings is 1. The molecule has 4 heteroatoms. The molecular formula is C15H17NO3. The molecule has 2 aromatic rings. The first-order chi connectivity index (χ1) is 9.40. The molecule has 100 valence electrons. The summed E-state index contributed by atoms with van der Waals surface area (Å²) in [5.74, 6) is 0. The van der Waals surface area contributed by atoms with Crippen molar-refractivity contribution in [3.8, 4) is 0 Å². The average Bonchev–Trinajstić information content (AvgIpc) is 2.84. The highest BCUT2D eigenvalue weighted by atomic mass is 16.5. The van der Waals surface area contributed by atoms with Gasteiger partial charge in [0.2, 0.25) is 0 Å². The van der Waals surface area contributed by atoms with Gasteiger partial charge in [-0.1, -0.05) is 18.2 Å². The van der Waals surface area contributed by atoms with Gasteiger partial charge >= 0.3 is 0 Å². The maximum Gasteiger partial charge on any atom is 0.134 e. The summed E-state index contributed by atoms with van der Waals surface area (Å²) in [7, 11) is 0. The predicted octanol–water partition coefficient (Wildman–Crippen LogP) is 1.69. The van der Waals surface area contributed by atoms with E-state index in [0.29, 0.717) is 13.2 Å². The zero-order valence-electron chi connectivity index (χ0n) is 10.7. The Labute approximate surface area is 111 Å². The summed E-state index contributed by atoms with van der Waals surface area (Å²) in [5, 5.41) is 4.59. The van der Waals surface area contributed by atoms with Crippen LogP contribution in [-0.4, -0.2) is 39.0 Å². The Morgan fingerprint density at radius 1 is 1.21 bits per heavy atom. The van der Waals surface area contributed by atoms with Crippen molar-refractivity contribution in [1.29, 1.82) is 0 Å². The molecule has 1 aromatic carbocycles. The standard InChI is InChI=1S/C15H17NO3/c1-2-4-13-11(3-1)12(8-19-13)15(9-17-10-15)14-7-16-5-6-18-14/h1-4,8,14,16H,5-7,9-10H2. The maximum atomic E-state index is 5.97. The third-order valence-electron chi connectivity index (χ3n) is 4.28. The molecule has 1 atom stereocenters. The van der Waals surface area contributed by atoms with Crippen molar-refractivity contribution in [2.45, 2.75) is 11.5 Å². The van der Waals surface area contributed by atoms with Crippen molar-refractivity contribution in [3.63, 3.8) is 0 Å². The molecule has 0 amide bonds.